The van der Waals surface area contributed by atoms with Gasteiger partial charge in [-0.15, -0.1) is 0 Å². The van der Waals surface area contributed by atoms with Gasteiger partial charge in [0.15, 0.2) is 0 Å². The van der Waals surface area contributed by atoms with Crippen LogP contribution in [-0.4, -0.2) is 19.4 Å². The summed E-state index contributed by atoms with van der Waals surface area (Å²) in [6, 6.07) is 15.8. The van der Waals surface area contributed by atoms with Crippen molar-refractivity contribution < 1.29 is 0 Å². The number of nitrogen functional groups attached to an aromatic ring is 1. The Bertz CT molecular complexity index is 929. The topological polar surface area (TPSA) is 69.1 Å². The van der Waals surface area contributed by atoms with Gasteiger partial charge in [-0.05, 0) is 18.2 Å². The normalized spacial score (nSPS) is 10.9. The van der Waals surface area contributed by atoms with E-state index < -0.39 is 0 Å². The van der Waals surface area contributed by atoms with Gasteiger partial charge in [-0.2, -0.15) is 4.98 Å². The molecular weight excluding hydrogens is 274 g/mol. The van der Waals surface area contributed by atoms with Crippen molar-refractivity contribution in [3.63, 3.8) is 0 Å². The number of anilines is 1. The van der Waals surface area contributed by atoms with Crippen LogP contribution in [0.4, 0.5) is 5.82 Å². The van der Waals surface area contributed by atoms with E-state index in [1.807, 2.05) is 53.1 Å². The van der Waals surface area contributed by atoms with E-state index in [0.29, 0.717) is 11.6 Å². The molecule has 5 nitrogen and oxygen atoms in total. The molecular formula is C17H13N5. The van der Waals surface area contributed by atoms with Gasteiger partial charge in [0.1, 0.15) is 5.82 Å². The lowest BCUT2D eigenvalue weighted by Crippen LogP contribution is -1.95. The van der Waals surface area contributed by atoms with Gasteiger partial charge in [-0.1, -0.05) is 30.3 Å². The highest BCUT2D eigenvalue weighted by Crippen LogP contribution is 2.31. The molecule has 22 heavy (non-hydrogen) atoms. The third kappa shape index (κ3) is 2.00. The molecule has 0 aliphatic rings. The molecule has 5 heteroatoms. The van der Waals surface area contributed by atoms with E-state index in [1.54, 1.807) is 18.5 Å². The predicted molar refractivity (Wildman–Crippen MR) is 86.1 cm³/mol. The number of hydrogen-bond donors (Lipinski definition) is 1. The summed E-state index contributed by atoms with van der Waals surface area (Å²) >= 11 is 0. The molecule has 0 amide bonds. The van der Waals surface area contributed by atoms with Crippen LogP contribution in [0.3, 0.4) is 0 Å². The summed E-state index contributed by atoms with van der Waals surface area (Å²) in [5, 5.41) is 0. The first-order valence-electron chi connectivity index (χ1n) is 6.93. The number of nitrogens with two attached hydrogens (primary N) is 1. The number of aromatic nitrogens is 4. The lowest BCUT2D eigenvalue weighted by Gasteiger charge is -2.05. The van der Waals surface area contributed by atoms with Crippen LogP contribution in [0, 0.1) is 0 Å². The number of imidazole rings is 1. The molecule has 0 unspecified atom stereocenters. The van der Waals surface area contributed by atoms with Crippen molar-refractivity contribution in [1.82, 2.24) is 19.4 Å². The van der Waals surface area contributed by atoms with E-state index in [4.69, 9.17) is 5.73 Å². The fraction of sp³-hybridized carbons (Fsp3) is 0. The fourth-order valence-electron chi connectivity index (χ4n) is 2.53. The molecule has 0 radical (unpaired) electrons. The van der Waals surface area contributed by atoms with Crippen LogP contribution in [0.2, 0.25) is 0 Å². The second-order valence-corrected chi connectivity index (χ2v) is 4.93. The lowest BCUT2D eigenvalue weighted by molar-refractivity contribution is 1.12. The zero-order chi connectivity index (χ0) is 14.9. The minimum Gasteiger partial charge on any atom is -0.384 e. The van der Waals surface area contributed by atoms with Gasteiger partial charge in [0.2, 0.25) is 5.78 Å². The summed E-state index contributed by atoms with van der Waals surface area (Å²) in [7, 11) is 0. The average molecular weight is 287 g/mol. The van der Waals surface area contributed by atoms with Crippen LogP contribution < -0.4 is 5.73 Å². The smallest absolute Gasteiger partial charge is 0.236 e. The van der Waals surface area contributed by atoms with E-state index in [0.717, 1.165) is 22.5 Å². The van der Waals surface area contributed by atoms with Crippen LogP contribution in [0.1, 0.15) is 0 Å². The molecule has 4 aromatic rings. The Balaban J connectivity index is 2.07. The molecule has 0 fully saturated rings. The largest absolute Gasteiger partial charge is 0.384 e. The molecule has 0 bridgehead atoms. The average Bonchev–Trinajstić information content (AvgIpc) is 2.95. The van der Waals surface area contributed by atoms with Gasteiger partial charge in [0, 0.05) is 29.7 Å². The Labute approximate surface area is 127 Å². The highest BCUT2D eigenvalue weighted by Gasteiger charge is 2.16. The zero-order valence-corrected chi connectivity index (χ0v) is 11.7. The van der Waals surface area contributed by atoms with Crippen LogP contribution in [0.5, 0.6) is 0 Å². The van der Waals surface area contributed by atoms with Gasteiger partial charge in [-0.3, -0.25) is 9.38 Å². The van der Waals surface area contributed by atoms with Crippen molar-refractivity contribution >= 4 is 11.6 Å². The minimum absolute atomic E-state index is 0.457. The Hall–Kier alpha value is -3.21. The number of benzene rings is 1. The molecule has 2 N–H and O–H groups in total. The summed E-state index contributed by atoms with van der Waals surface area (Å²) in [6.45, 7) is 0. The maximum absolute atomic E-state index is 5.79. The number of rotatable bonds is 2. The maximum Gasteiger partial charge on any atom is 0.236 e. The van der Waals surface area contributed by atoms with Gasteiger partial charge in [0.25, 0.3) is 0 Å². The van der Waals surface area contributed by atoms with Crippen molar-refractivity contribution in [3.05, 3.63) is 67.1 Å². The molecule has 106 valence electrons. The summed E-state index contributed by atoms with van der Waals surface area (Å²) in [4.78, 5) is 13.1. The summed E-state index contributed by atoms with van der Waals surface area (Å²) in [5.74, 6) is 1.05. The maximum atomic E-state index is 5.79. The second kappa shape index (κ2) is 4.96. The Morgan fingerprint density at radius 3 is 2.36 bits per heavy atom. The van der Waals surface area contributed by atoms with Crippen molar-refractivity contribution in [2.24, 2.45) is 0 Å². The second-order valence-electron chi connectivity index (χ2n) is 4.93. The van der Waals surface area contributed by atoms with Gasteiger partial charge in [-0.25, -0.2) is 4.98 Å². The number of pyridine rings is 1. The molecule has 4 rings (SSSR count). The standard InChI is InChI=1S/C17H13N5/c18-14-8-11-22-16(13-6-9-19-10-7-13)15(21-17(22)20-14)12-4-2-1-3-5-12/h1-11H,(H2,18,20,21). The van der Waals surface area contributed by atoms with Crippen LogP contribution in [0.15, 0.2) is 67.1 Å². The lowest BCUT2D eigenvalue weighted by atomic mass is 10.1. The highest BCUT2D eigenvalue weighted by molar-refractivity contribution is 5.81. The summed E-state index contributed by atoms with van der Waals surface area (Å²) < 4.78 is 1.95. The molecule has 0 aliphatic carbocycles. The van der Waals surface area contributed by atoms with E-state index in [2.05, 4.69) is 15.0 Å². The molecule has 0 aliphatic heterocycles. The molecule has 3 aromatic heterocycles. The van der Waals surface area contributed by atoms with Gasteiger partial charge in [0.05, 0.1) is 11.4 Å². The monoisotopic (exact) mass is 287 g/mol. The Morgan fingerprint density at radius 1 is 0.818 bits per heavy atom. The van der Waals surface area contributed by atoms with Crippen molar-refractivity contribution in [1.29, 1.82) is 0 Å². The molecule has 0 saturated carbocycles. The van der Waals surface area contributed by atoms with E-state index in [-0.39, 0.29) is 0 Å². The fourth-order valence-corrected chi connectivity index (χ4v) is 2.53. The summed E-state index contributed by atoms with van der Waals surface area (Å²) in [5.41, 5.74) is 9.72. The Morgan fingerprint density at radius 2 is 1.59 bits per heavy atom. The van der Waals surface area contributed by atoms with Crippen molar-refractivity contribution in [3.8, 4) is 22.5 Å². The van der Waals surface area contributed by atoms with Crippen molar-refractivity contribution in [2.75, 3.05) is 5.73 Å². The van der Waals surface area contributed by atoms with E-state index in [1.165, 1.54) is 0 Å². The van der Waals surface area contributed by atoms with Crippen molar-refractivity contribution in [2.45, 2.75) is 0 Å². The molecule has 1 aromatic carbocycles. The first-order valence-corrected chi connectivity index (χ1v) is 6.93. The quantitative estimate of drug-likeness (QED) is 0.615. The van der Waals surface area contributed by atoms with E-state index in [9.17, 15) is 0 Å². The number of nitrogens with zero attached hydrogens (tertiary/aromatic N) is 4. The minimum atomic E-state index is 0.457. The van der Waals surface area contributed by atoms with Crippen LogP contribution in [0.25, 0.3) is 28.3 Å². The molecule has 3 heterocycles. The number of fused-ring (bicyclic) bond motifs is 1. The molecule has 0 saturated heterocycles. The SMILES string of the molecule is Nc1ccn2c(-c3ccncc3)c(-c3ccccc3)nc2n1. The number of hydrogen-bond acceptors (Lipinski definition) is 4. The third-order valence-corrected chi connectivity index (χ3v) is 3.52. The Kier molecular flexibility index (Phi) is 2.83. The van der Waals surface area contributed by atoms with E-state index >= 15 is 0 Å². The summed E-state index contributed by atoms with van der Waals surface area (Å²) in [6.07, 6.45) is 5.44. The highest BCUT2D eigenvalue weighted by atomic mass is 15.1. The van der Waals surface area contributed by atoms with Crippen LogP contribution >= 0.6 is 0 Å². The first-order chi connectivity index (χ1) is 10.8. The third-order valence-electron chi connectivity index (χ3n) is 3.52. The first kappa shape index (κ1) is 12.5. The molecule has 0 spiro atoms. The van der Waals surface area contributed by atoms with Crippen LogP contribution in [-0.2, 0) is 0 Å². The zero-order valence-electron chi connectivity index (χ0n) is 11.7. The predicted octanol–water partition coefficient (Wildman–Crippen LogP) is 3.04. The van der Waals surface area contributed by atoms with Gasteiger partial charge < -0.3 is 5.73 Å². The van der Waals surface area contributed by atoms with Gasteiger partial charge >= 0.3 is 0 Å². The molecule has 0 atom stereocenters.